The minimum absolute atomic E-state index is 0.0520. The molecule has 0 heterocycles. The molecule has 0 saturated heterocycles. The van der Waals surface area contributed by atoms with Gasteiger partial charge >= 0.3 is 7.82 Å². The number of hydrogen-bond acceptors (Lipinski definition) is 5. The van der Waals surface area contributed by atoms with E-state index in [4.69, 9.17) is 9.05 Å². The van der Waals surface area contributed by atoms with Crippen LogP contribution in [0.1, 0.15) is 232 Å². The van der Waals surface area contributed by atoms with Crippen molar-refractivity contribution in [2.75, 3.05) is 40.9 Å². The number of rotatable bonds is 47. The first-order valence-corrected chi connectivity index (χ1v) is 27.5. The van der Waals surface area contributed by atoms with Gasteiger partial charge in [-0.15, -0.1) is 0 Å². The monoisotopic (exact) mass is 894 g/mol. The van der Waals surface area contributed by atoms with Gasteiger partial charge in [0.25, 0.3) is 0 Å². The molecule has 0 aromatic heterocycles. The van der Waals surface area contributed by atoms with Crippen molar-refractivity contribution >= 4 is 13.7 Å². The van der Waals surface area contributed by atoms with Gasteiger partial charge in [-0.1, -0.05) is 204 Å². The Morgan fingerprint density at radius 3 is 1.31 bits per heavy atom. The second-order valence-corrected chi connectivity index (χ2v) is 20.3. The van der Waals surface area contributed by atoms with Crippen LogP contribution in [0.2, 0.25) is 0 Å². The van der Waals surface area contributed by atoms with Crippen LogP contribution in [-0.2, 0) is 18.4 Å². The van der Waals surface area contributed by atoms with Gasteiger partial charge in [0, 0.05) is 6.42 Å². The fraction of sp³-hybridized carbons (Fsp3) is 0.830. The SMILES string of the molecule is CCCCCC/C=C\CCCCCCCCCC(=O)NC(COP(=O)(O)OCC[N+](C)(C)C)C(O)/C=C/CC/C=C/CC/C=C/CCCCCCCCCCCCCCCCC. The van der Waals surface area contributed by atoms with E-state index in [2.05, 4.69) is 55.6 Å². The van der Waals surface area contributed by atoms with Crippen LogP contribution in [0.15, 0.2) is 48.6 Å². The second-order valence-electron chi connectivity index (χ2n) is 18.9. The Labute approximate surface area is 384 Å². The summed E-state index contributed by atoms with van der Waals surface area (Å²) >= 11 is 0. The van der Waals surface area contributed by atoms with Crippen molar-refractivity contribution in [1.29, 1.82) is 0 Å². The standard InChI is InChI=1S/C53H101N2O6P/c1-6-8-10-12-14-16-18-20-22-23-24-25-26-27-28-29-30-31-33-34-36-38-40-42-44-46-52(56)51(50-61-62(58,59)60-49-48-55(3,4)5)54-53(57)47-45-43-41-39-37-35-32-21-19-17-15-13-11-9-7-2/h17,19,30-31,36,38,44,46,51-52,56H,6-16,18,20-29,32-35,37,39-43,45,47-50H2,1-5H3,(H-,54,57,58,59)/p+1/b19-17-,31-30+,38-36+,46-44+. The Kier molecular flexibility index (Phi) is 43.5. The highest BCUT2D eigenvalue weighted by molar-refractivity contribution is 7.47. The zero-order valence-electron chi connectivity index (χ0n) is 41.4. The maximum atomic E-state index is 12.9. The van der Waals surface area contributed by atoms with Crippen LogP contribution >= 0.6 is 7.82 Å². The van der Waals surface area contributed by atoms with E-state index in [-0.39, 0.29) is 19.1 Å². The summed E-state index contributed by atoms with van der Waals surface area (Å²) in [6.45, 7) is 4.78. The average molecular weight is 894 g/mol. The highest BCUT2D eigenvalue weighted by Gasteiger charge is 2.27. The number of phosphoric acid groups is 1. The minimum atomic E-state index is -4.36. The lowest BCUT2D eigenvalue weighted by Gasteiger charge is -2.25. The van der Waals surface area contributed by atoms with Gasteiger partial charge in [0.05, 0.1) is 39.9 Å². The molecule has 0 fully saturated rings. The van der Waals surface area contributed by atoms with Gasteiger partial charge < -0.3 is 19.8 Å². The predicted molar refractivity (Wildman–Crippen MR) is 267 cm³/mol. The van der Waals surface area contributed by atoms with E-state index in [9.17, 15) is 19.4 Å². The number of quaternary nitrogens is 1. The van der Waals surface area contributed by atoms with E-state index in [1.807, 2.05) is 27.2 Å². The maximum absolute atomic E-state index is 12.9. The zero-order valence-corrected chi connectivity index (χ0v) is 42.3. The Bertz CT molecular complexity index is 1150. The summed E-state index contributed by atoms with van der Waals surface area (Å²) in [7, 11) is 1.54. The molecule has 0 spiro atoms. The van der Waals surface area contributed by atoms with Crippen LogP contribution in [0.4, 0.5) is 0 Å². The Morgan fingerprint density at radius 2 is 0.887 bits per heavy atom. The summed E-state index contributed by atoms with van der Waals surface area (Å²) < 4.78 is 23.6. The molecule has 62 heavy (non-hydrogen) atoms. The largest absolute Gasteiger partial charge is 0.472 e. The molecule has 3 N–H and O–H groups in total. The molecular weight excluding hydrogens is 792 g/mol. The van der Waals surface area contributed by atoms with Crippen molar-refractivity contribution in [1.82, 2.24) is 5.32 Å². The lowest BCUT2D eigenvalue weighted by atomic mass is 10.0. The first-order valence-electron chi connectivity index (χ1n) is 26.0. The van der Waals surface area contributed by atoms with Crippen LogP contribution < -0.4 is 5.32 Å². The van der Waals surface area contributed by atoms with Crippen LogP contribution in [0.5, 0.6) is 0 Å². The lowest BCUT2D eigenvalue weighted by Crippen LogP contribution is -2.45. The van der Waals surface area contributed by atoms with Crippen molar-refractivity contribution in [3.05, 3.63) is 48.6 Å². The highest BCUT2D eigenvalue weighted by atomic mass is 31.2. The third-order valence-corrected chi connectivity index (χ3v) is 12.5. The quantitative estimate of drug-likeness (QED) is 0.0243. The van der Waals surface area contributed by atoms with Crippen LogP contribution in [-0.4, -0.2) is 73.4 Å². The molecule has 3 atom stereocenters. The van der Waals surface area contributed by atoms with E-state index in [1.165, 1.54) is 167 Å². The van der Waals surface area contributed by atoms with Crippen molar-refractivity contribution in [2.24, 2.45) is 0 Å². The van der Waals surface area contributed by atoms with Crippen LogP contribution in [0, 0.1) is 0 Å². The normalized spacial score (nSPS) is 14.5. The number of aliphatic hydroxyl groups excluding tert-OH is 1. The highest BCUT2D eigenvalue weighted by Crippen LogP contribution is 2.43. The number of amides is 1. The molecule has 0 aliphatic rings. The summed E-state index contributed by atoms with van der Waals surface area (Å²) in [6.07, 6.45) is 57.7. The maximum Gasteiger partial charge on any atom is 0.472 e. The molecule has 0 aromatic carbocycles. The van der Waals surface area contributed by atoms with Gasteiger partial charge in [0.1, 0.15) is 13.2 Å². The number of phosphoric ester groups is 1. The molecule has 0 bridgehead atoms. The lowest BCUT2D eigenvalue weighted by molar-refractivity contribution is -0.870. The Hall–Kier alpha value is -1.54. The molecule has 0 radical (unpaired) electrons. The fourth-order valence-corrected chi connectivity index (χ4v) is 8.10. The molecule has 0 saturated carbocycles. The minimum Gasteiger partial charge on any atom is -0.387 e. The van der Waals surface area contributed by atoms with Crippen LogP contribution in [0.25, 0.3) is 0 Å². The van der Waals surface area contributed by atoms with Gasteiger partial charge in [0.2, 0.25) is 5.91 Å². The molecule has 1 amide bonds. The summed E-state index contributed by atoms with van der Waals surface area (Å²) in [5, 5.41) is 13.9. The zero-order chi connectivity index (χ0) is 45.7. The van der Waals surface area contributed by atoms with E-state index < -0.39 is 20.0 Å². The molecule has 3 unspecified atom stereocenters. The van der Waals surface area contributed by atoms with E-state index in [0.717, 1.165) is 44.9 Å². The molecule has 0 rings (SSSR count). The molecule has 0 aliphatic carbocycles. The van der Waals surface area contributed by atoms with E-state index in [1.54, 1.807) is 6.08 Å². The van der Waals surface area contributed by atoms with Gasteiger partial charge in [-0.05, 0) is 70.6 Å². The van der Waals surface area contributed by atoms with E-state index >= 15 is 0 Å². The summed E-state index contributed by atoms with van der Waals surface area (Å²) in [5.41, 5.74) is 0. The predicted octanol–water partition coefficient (Wildman–Crippen LogP) is 15.2. The fourth-order valence-electron chi connectivity index (χ4n) is 7.36. The van der Waals surface area contributed by atoms with Gasteiger partial charge in [-0.3, -0.25) is 13.8 Å². The summed E-state index contributed by atoms with van der Waals surface area (Å²) in [4.78, 5) is 23.2. The number of unbranched alkanes of at least 4 members (excludes halogenated alkanes) is 28. The third-order valence-electron chi connectivity index (χ3n) is 11.5. The number of likely N-dealkylation sites (N-methyl/N-ethyl adjacent to an activating group) is 1. The second kappa shape index (κ2) is 44.7. The van der Waals surface area contributed by atoms with Gasteiger partial charge in [0.15, 0.2) is 0 Å². The molecule has 0 aliphatic heterocycles. The molecule has 9 heteroatoms. The topological polar surface area (TPSA) is 105 Å². The third kappa shape index (κ3) is 46.5. The van der Waals surface area contributed by atoms with Crippen molar-refractivity contribution in [3.8, 4) is 0 Å². The van der Waals surface area contributed by atoms with Gasteiger partial charge in [-0.25, -0.2) is 4.57 Å². The smallest absolute Gasteiger partial charge is 0.387 e. The van der Waals surface area contributed by atoms with Crippen molar-refractivity contribution < 1.29 is 32.9 Å². The van der Waals surface area contributed by atoms with Crippen molar-refractivity contribution in [3.63, 3.8) is 0 Å². The number of nitrogens with one attached hydrogen (secondary N) is 1. The first kappa shape index (κ1) is 60.5. The first-order chi connectivity index (χ1) is 30.0. The Morgan fingerprint density at radius 1 is 0.532 bits per heavy atom. The number of aliphatic hydroxyl groups is 1. The number of nitrogens with zero attached hydrogens (tertiary/aromatic N) is 1. The summed E-state index contributed by atoms with van der Waals surface area (Å²) in [6, 6.07) is -0.872. The molecular formula is C53H102N2O6P+. The molecule has 8 nitrogen and oxygen atoms in total. The average Bonchev–Trinajstić information content (AvgIpc) is 3.23. The molecule has 0 aromatic rings. The Balaban J connectivity index is 4.35. The number of allylic oxidation sites excluding steroid dienone is 7. The van der Waals surface area contributed by atoms with E-state index in [0.29, 0.717) is 17.4 Å². The summed E-state index contributed by atoms with van der Waals surface area (Å²) in [5.74, 6) is -0.196. The van der Waals surface area contributed by atoms with Gasteiger partial charge in [-0.2, -0.15) is 0 Å². The number of carbonyl (C=O) groups is 1. The molecule has 364 valence electrons. The number of hydrogen-bond donors (Lipinski definition) is 3. The van der Waals surface area contributed by atoms with Crippen LogP contribution in [0.3, 0.4) is 0 Å². The van der Waals surface area contributed by atoms with Crippen molar-refractivity contribution in [2.45, 2.75) is 244 Å². The number of carbonyl (C=O) groups excluding carboxylic acids is 1.